The van der Waals surface area contributed by atoms with E-state index < -0.39 is 0 Å². The Labute approximate surface area is 106 Å². The summed E-state index contributed by atoms with van der Waals surface area (Å²) in [5.74, 6) is 5.13. The zero-order chi connectivity index (χ0) is 11.7. The van der Waals surface area contributed by atoms with Crippen molar-refractivity contribution in [3.05, 3.63) is 11.6 Å². The van der Waals surface area contributed by atoms with E-state index >= 15 is 0 Å². The van der Waals surface area contributed by atoms with E-state index in [0.717, 1.165) is 30.9 Å². The normalized spacial score (nSPS) is 25.8. The zero-order valence-electron chi connectivity index (χ0n) is 10.0. The molecule has 1 aromatic rings. The highest BCUT2D eigenvalue weighted by Gasteiger charge is 2.26. The first-order valence-corrected chi connectivity index (χ1v) is 7.68. The predicted octanol–water partition coefficient (Wildman–Crippen LogP) is 1.76. The molecule has 4 nitrogen and oxygen atoms in total. The Bertz CT molecular complexity index is 387. The first-order chi connectivity index (χ1) is 8.38. The van der Waals surface area contributed by atoms with Crippen molar-refractivity contribution in [3.8, 4) is 0 Å². The van der Waals surface area contributed by atoms with Crippen LogP contribution in [0.5, 0.6) is 0 Å². The molecule has 17 heavy (non-hydrogen) atoms. The van der Waals surface area contributed by atoms with Gasteiger partial charge < -0.3 is 5.11 Å². The van der Waals surface area contributed by atoms with Crippen molar-refractivity contribution in [2.45, 2.75) is 44.1 Å². The number of rotatable bonds is 2. The molecule has 0 radical (unpaired) electrons. The SMILES string of the molecule is OCC1CCCc2nc(C3CCSCC3)nn21. The van der Waals surface area contributed by atoms with Crippen molar-refractivity contribution < 1.29 is 5.11 Å². The molecule has 94 valence electrons. The van der Waals surface area contributed by atoms with E-state index in [1.54, 1.807) is 0 Å². The van der Waals surface area contributed by atoms with Gasteiger partial charge in [-0.2, -0.15) is 16.9 Å². The zero-order valence-corrected chi connectivity index (χ0v) is 10.8. The molecule has 1 N–H and O–H groups in total. The number of aromatic nitrogens is 3. The second-order valence-corrected chi connectivity index (χ2v) is 6.17. The first-order valence-electron chi connectivity index (χ1n) is 6.52. The molecular weight excluding hydrogens is 234 g/mol. The van der Waals surface area contributed by atoms with E-state index in [4.69, 9.17) is 4.98 Å². The molecule has 0 amide bonds. The lowest BCUT2D eigenvalue weighted by Gasteiger charge is -2.21. The Balaban J connectivity index is 1.84. The lowest BCUT2D eigenvalue weighted by Crippen LogP contribution is -2.22. The highest BCUT2D eigenvalue weighted by atomic mass is 32.2. The van der Waals surface area contributed by atoms with Gasteiger partial charge in [0, 0.05) is 12.3 Å². The van der Waals surface area contributed by atoms with Crippen LogP contribution in [0, 0.1) is 0 Å². The summed E-state index contributed by atoms with van der Waals surface area (Å²) < 4.78 is 1.99. The van der Waals surface area contributed by atoms with E-state index in [2.05, 4.69) is 5.10 Å². The van der Waals surface area contributed by atoms with Crippen molar-refractivity contribution in [1.82, 2.24) is 14.8 Å². The van der Waals surface area contributed by atoms with Crippen molar-refractivity contribution >= 4 is 11.8 Å². The highest BCUT2D eigenvalue weighted by molar-refractivity contribution is 7.99. The summed E-state index contributed by atoms with van der Waals surface area (Å²) in [5, 5.41) is 14.0. The molecule has 0 aliphatic carbocycles. The van der Waals surface area contributed by atoms with Crippen LogP contribution in [0.3, 0.4) is 0 Å². The minimum absolute atomic E-state index is 0.165. The molecule has 0 bridgehead atoms. The topological polar surface area (TPSA) is 50.9 Å². The molecule has 3 rings (SSSR count). The van der Waals surface area contributed by atoms with Crippen LogP contribution in [0.2, 0.25) is 0 Å². The van der Waals surface area contributed by atoms with Crippen LogP contribution >= 0.6 is 11.8 Å². The molecule has 1 aromatic heterocycles. The predicted molar refractivity (Wildman–Crippen MR) is 68.4 cm³/mol. The van der Waals surface area contributed by atoms with Gasteiger partial charge in [-0.1, -0.05) is 0 Å². The summed E-state index contributed by atoms with van der Waals surface area (Å²) in [7, 11) is 0. The van der Waals surface area contributed by atoms with E-state index in [1.165, 1.54) is 24.3 Å². The summed E-state index contributed by atoms with van der Waals surface area (Å²) in [6.07, 6.45) is 5.59. The van der Waals surface area contributed by atoms with Gasteiger partial charge in [0.1, 0.15) is 5.82 Å². The number of thioether (sulfide) groups is 1. The Kier molecular flexibility index (Phi) is 3.38. The van der Waals surface area contributed by atoms with Gasteiger partial charge in [-0.15, -0.1) is 0 Å². The largest absolute Gasteiger partial charge is 0.394 e. The molecule has 3 heterocycles. The third kappa shape index (κ3) is 2.22. The quantitative estimate of drug-likeness (QED) is 0.872. The first kappa shape index (κ1) is 11.5. The lowest BCUT2D eigenvalue weighted by atomic mass is 10.0. The van der Waals surface area contributed by atoms with Crippen LogP contribution in [-0.2, 0) is 6.42 Å². The fourth-order valence-corrected chi connectivity index (χ4v) is 3.86. The summed E-state index contributed by atoms with van der Waals surface area (Å²) in [5.41, 5.74) is 0. The summed E-state index contributed by atoms with van der Waals surface area (Å²) >= 11 is 2.03. The van der Waals surface area contributed by atoms with Gasteiger partial charge in [-0.25, -0.2) is 9.67 Å². The summed E-state index contributed by atoms with van der Waals surface area (Å²) in [6, 6.07) is 0.165. The van der Waals surface area contributed by atoms with Gasteiger partial charge in [0.2, 0.25) is 0 Å². The van der Waals surface area contributed by atoms with E-state index in [9.17, 15) is 5.11 Å². The number of aliphatic hydroxyl groups excluding tert-OH is 1. The number of hydrogen-bond donors (Lipinski definition) is 1. The van der Waals surface area contributed by atoms with Crippen LogP contribution in [-0.4, -0.2) is 38.0 Å². The Morgan fingerprint density at radius 1 is 1.29 bits per heavy atom. The number of aryl methyl sites for hydroxylation is 1. The number of hydrogen-bond acceptors (Lipinski definition) is 4. The molecule has 0 saturated carbocycles. The van der Waals surface area contributed by atoms with Gasteiger partial charge in [0.25, 0.3) is 0 Å². The smallest absolute Gasteiger partial charge is 0.154 e. The molecule has 1 saturated heterocycles. The van der Waals surface area contributed by atoms with Crippen LogP contribution in [0.25, 0.3) is 0 Å². The molecule has 0 spiro atoms. The van der Waals surface area contributed by atoms with E-state index in [-0.39, 0.29) is 12.6 Å². The van der Waals surface area contributed by atoms with Gasteiger partial charge in [-0.05, 0) is 37.2 Å². The third-order valence-corrected chi connectivity index (χ3v) is 4.85. The van der Waals surface area contributed by atoms with Crippen LogP contribution in [0.15, 0.2) is 0 Å². The molecular formula is C12H19N3OS. The average Bonchev–Trinajstić information content (AvgIpc) is 2.83. The average molecular weight is 253 g/mol. The number of nitrogens with zero attached hydrogens (tertiary/aromatic N) is 3. The van der Waals surface area contributed by atoms with Crippen molar-refractivity contribution in [1.29, 1.82) is 0 Å². The monoisotopic (exact) mass is 253 g/mol. The number of fused-ring (bicyclic) bond motifs is 1. The van der Waals surface area contributed by atoms with Gasteiger partial charge in [0.05, 0.1) is 12.6 Å². The Morgan fingerprint density at radius 3 is 2.88 bits per heavy atom. The Hall–Kier alpha value is -0.550. The molecule has 2 aliphatic rings. The molecule has 2 aliphatic heterocycles. The lowest BCUT2D eigenvalue weighted by molar-refractivity contribution is 0.194. The second kappa shape index (κ2) is 4.98. The minimum Gasteiger partial charge on any atom is -0.394 e. The molecule has 0 aromatic carbocycles. The van der Waals surface area contributed by atoms with Gasteiger partial charge >= 0.3 is 0 Å². The second-order valence-electron chi connectivity index (χ2n) is 4.95. The fourth-order valence-electron chi connectivity index (χ4n) is 2.75. The van der Waals surface area contributed by atoms with Crippen molar-refractivity contribution in [2.75, 3.05) is 18.1 Å². The maximum atomic E-state index is 9.37. The Morgan fingerprint density at radius 2 is 2.12 bits per heavy atom. The van der Waals surface area contributed by atoms with Crippen LogP contribution in [0.4, 0.5) is 0 Å². The standard InChI is InChI=1S/C12H19N3OS/c16-8-10-2-1-3-11-13-12(14-15(10)11)9-4-6-17-7-5-9/h9-10,16H,1-8H2. The minimum atomic E-state index is 0.165. The molecule has 5 heteroatoms. The molecule has 1 atom stereocenters. The molecule has 1 fully saturated rings. The summed E-state index contributed by atoms with van der Waals surface area (Å²) in [6.45, 7) is 0.191. The molecule has 1 unspecified atom stereocenters. The maximum Gasteiger partial charge on any atom is 0.154 e. The third-order valence-electron chi connectivity index (χ3n) is 3.80. The maximum absolute atomic E-state index is 9.37. The van der Waals surface area contributed by atoms with Crippen molar-refractivity contribution in [3.63, 3.8) is 0 Å². The van der Waals surface area contributed by atoms with Crippen LogP contribution in [0.1, 0.15) is 49.3 Å². The van der Waals surface area contributed by atoms with E-state index in [1.807, 2.05) is 16.4 Å². The fraction of sp³-hybridized carbons (Fsp3) is 0.833. The van der Waals surface area contributed by atoms with Crippen molar-refractivity contribution in [2.24, 2.45) is 0 Å². The van der Waals surface area contributed by atoms with E-state index in [0.29, 0.717) is 5.92 Å². The van der Waals surface area contributed by atoms with Crippen LogP contribution < -0.4 is 0 Å². The van der Waals surface area contributed by atoms with Gasteiger partial charge in [-0.3, -0.25) is 0 Å². The number of aliphatic hydroxyl groups is 1. The highest BCUT2D eigenvalue weighted by Crippen LogP contribution is 2.31. The summed E-state index contributed by atoms with van der Waals surface area (Å²) in [4.78, 5) is 4.70. The van der Waals surface area contributed by atoms with Gasteiger partial charge in [0.15, 0.2) is 5.82 Å².